The molecule has 1 aromatic rings. The highest BCUT2D eigenvalue weighted by atomic mass is 16.6. The third-order valence-electron chi connectivity index (χ3n) is 7.50. The lowest BCUT2D eigenvalue weighted by molar-refractivity contribution is 0.0952. The smallest absolute Gasteiger partial charge is 0.271 e. The number of nitrogens with zero attached hydrogens (tertiary/aromatic N) is 2. The summed E-state index contributed by atoms with van der Waals surface area (Å²) in [5.74, 6) is 0.463. The van der Waals surface area contributed by atoms with Crippen LogP contribution in [0.3, 0.4) is 0 Å². The van der Waals surface area contributed by atoms with Crippen LogP contribution >= 0.6 is 0 Å². The van der Waals surface area contributed by atoms with Gasteiger partial charge in [0.05, 0.1) is 12.4 Å². The van der Waals surface area contributed by atoms with E-state index < -0.39 is 0 Å². The molecule has 1 spiro atoms. The van der Waals surface area contributed by atoms with E-state index in [9.17, 15) is 4.79 Å². The summed E-state index contributed by atoms with van der Waals surface area (Å²) in [6, 6.07) is 0. The van der Waals surface area contributed by atoms with Crippen LogP contribution in [0, 0.1) is 11.3 Å². The van der Waals surface area contributed by atoms with Crippen molar-refractivity contribution in [3.05, 3.63) is 52.7 Å². The second-order valence-corrected chi connectivity index (χ2v) is 9.83. The Bertz CT molecular complexity index is 967. The minimum atomic E-state index is -0.125. The van der Waals surface area contributed by atoms with Crippen LogP contribution in [0.4, 0.5) is 0 Å². The molecule has 154 valence electrons. The topological polar surface area (TPSA) is 59.5 Å². The first-order valence-corrected chi connectivity index (χ1v) is 10.9. The van der Waals surface area contributed by atoms with E-state index in [-0.39, 0.29) is 17.6 Å². The van der Waals surface area contributed by atoms with Crippen molar-refractivity contribution < 1.29 is 9.53 Å². The zero-order valence-corrected chi connectivity index (χ0v) is 17.9. The van der Waals surface area contributed by atoms with Gasteiger partial charge in [-0.1, -0.05) is 38.5 Å². The highest BCUT2D eigenvalue weighted by Crippen LogP contribution is 2.65. The molecule has 2 fully saturated rings. The van der Waals surface area contributed by atoms with Gasteiger partial charge in [0.15, 0.2) is 0 Å². The number of rotatable bonds is 4. The minimum Gasteiger partial charge on any atom is -0.361 e. The van der Waals surface area contributed by atoms with E-state index >= 15 is 0 Å². The molecule has 1 N–H and O–H groups in total. The summed E-state index contributed by atoms with van der Waals surface area (Å²) < 4.78 is 8.17. The first-order valence-electron chi connectivity index (χ1n) is 10.9. The molecule has 5 heteroatoms. The van der Waals surface area contributed by atoms with Gasteiger partial charge >= 0.3 is 0 Å². The molecule has 1 amide bonds. The summed E-state index contributed by atoms with van der Waals surface area (Å²) >= 11 is 0. The number of carbonyl (C=O) groups excluding carboxylic acids is 1. The predicted octanol–water partition coefficient (Wildman–Crippen LogP) is 4.09. The van der Waals surface area contributed by atoms with Gasteiger partial charge in [-0.2, -0.15) is 0 Å². The molecule has 4 aliphatic rings. The lowest BCUT2D eigenvalue weighted by atomic mass is 9.64. The number of hydrogen-bond acceptors (Lipinski definition) is 3. The number of amides is 1. The van der Waals surface area contributed by atoms with Gasteiger partial charge in [0.25, 0.3) is 5.91 Å². The zero-order chi connectivity index (χ0) is 20.4. The van der Waals surface area contributed by atoms with Crippen LogP contribution in [0.25, 0.3) is 0 Å². The Morgan fingerprint density at radius 2 is 2.17 bits per heavy atom. The number of nitrogens with one attached hydrogen (secondary N) is 1. The van der Waals surface area contributed by atoms with Crippen LogP contribution in [0.15, 0.2) is 47.0 Å². The molecule has 0 bridgehead atoms. The van der Waals surface area contributed by atoms with Crippen molar-refractivity contribution in [3.8, 4) is 0 Å². The maximum atomic E-state index is 12.4. The van der Waals surface area contributed by atoms with Crippen molar-refractivity contribution in [2.75, 3.05) is 6.54 Å². The monoisotopic (exact) mass is 393 g/mol. The average molecular weight is 394 g/mol. The molecule has 0 aromatic carbocycles. The Kier molecular flexibility index (Phi) is 4.18. The molecule has 29 heavy (non-hydrogen) atoms. The van der Waals surface area contributed by atoms with Crippen molar-refractivity contribution in [2.24, 2.45) is 18.4 Å². The van der Waals surface area contributed by atoms with Crippen molar-refractivity contribution in [2.45, 2.75) is 64.6 Å². The van der Waals surface area contributed by atoms with E-state index in [0.29, 0.717) is 23.6 Å². The average Bonchev–Trinajstić information content (AvgIpc) is 3.00. The lowest BCUT2D eigenvalue weighted by Gasteiger charge is -2.39. The van der Waals surface area contributed by atoms with E-state index in [1.807, 2.05) is 7.05 Å². The number of aromatic nitrogens is 2. The first-order chi connectivity index (χ1) is 13.8. The number of fused-ring (bicyclic) bond motifs is 2. The van der Waals surface area contributed by atoms with E-state index in [1.54, 1.807) is 28.2 Å². The summed E-state index contributed by atoms with van der Waals surface area (Å²) in [6.07, 6.45) is 13.9. The highest BCUT2D eigenvalue weighted by Gasteiger charge is 2.64. The van der Waals surface area contributed by atoms with Gasteiger partial charge < -0.3 is 14.6 Å². The summed E-state index contributed by atoms with van der Waals surface area (Å²) in [5, 5.41) is 3.03. The third kappa shape index (κ3) is 2.93. The standard InChI is InChI=1S/C24H31N3O2/c1-15(2)17-7-8-23(3)9-10-24-18(21(17)23)6-5-16(11-20(24)29-24)12-25-22(28)19-13-27(4)14-26-19/h5-6,13-15,20H,7-12H2,1-4H3,(H,25,28)/t20-,23+,24-/m0/s1. The fraction of sp³-hybridized carbons (Fsp3) is 0.583. The SMILES string of the molecule is CC(C)C1=C2C3=CC=C(CNC(=O)c4cn(C)cn4)C[C@@H]4O[C@@]34CC[C@@]2(C)CC1. The van der Waals surface area contributed by atoms with Gasteiger partial charge in [-0.15, -0.1) is 0 Å². The van der Waals surface area contributed by atoms with Crippen molar-refractivity contribution in [3.63, 3.8) is 0 Å². The van der Waals surface area contributed by atoms with Gasteiger partial charge in [-0.05, 0) is 60.2 Å². The molecule has 3 aliphatic carbocycles. The first kappa shape index (κ1) is 18.9. The zero-order valence-electron chi connectivity index (χ0n) is 17.9. The molecular formula is C24H31N3O2. The second kappa shape index (κ2) is 6.43. The van der Waals surface area contributed by atoms with Crippen LogP contribution in [0.5, 0.6) is 0 Å². The summed E-state index contributed by atoms with van der Waals surface area (Å²) in [5.41, 5.74) is 6.57. The van der Waals surface area contributed by atoms with Crippen LogP contribution < -0.4 is 5.32 Å². The minimum absolute atomic E-state index is 0.0808. The molecule has 5 rings (SSSR count). The fourth-order valence-electron chi connectivity index (χ4n) is 5.74. The lowest BCUT2D eigenvalue weighted by Crippen LogP contribution is -2.34. The van der Waals surface area contributed by atoms with Crippen molar-refractivity contribution in [1.82, 2.24) is 14.9 Å². The van der Waals surface area contributed by atoms with Gasteiger partial charge in [0.2, 0.25) is 0 Å². The van der Waals surface area contributed by atoms with Crippen molar-refractivity contribution in [1.29, 1.82) is 0 Å². The molecular weight excluding hydrogens is 362 g/mol. The number of carbonyl (C=O) groups is 1. The molecule has 2 heterocycles. The van der Waals surface area contributed by atoms with Crippen LogP contribution in [0.1, 0.15) is 63.4 Å². The van der Waals surface area contributed by atoms with Gasteiger partial charge in [-0.3, -0.25) is 4.79 Å². The molecule has 1 saturated heterocycles. The largest absolute Gasteiger partial charge is 0.361 e. The molecule has 5 nitrogen and oxygen atoms in total. The van der Waals surface area contributed by atoms with Crippen LogP contribution in [-0.2, 0) is 11.8 Å². The normalized spacial score (nSPS) is 32.8. The Hall–Kier alpha value is -2.14. The van der Waals surface area contributed by atoms with E-state index in [2.05, 4.69) is 43.2 Å². The Balaban J connectivity index is 1.40. The maximum absolute atomic E-state index is 12.4. The summed E-state index contributed by atoms with van der Waals surface area (Å²) in [6.45, 7) is 7.65. The number of hydrogen-bond donors (Lipinski definition) is 1. The van der Waals surface area contributed by atoms with Gasteiger partial charge in [0.1, 0.15) is 11.3 Å². The molecule has 0 radical (unpaired) electrons. The maximum Gasteiger partial charge on any atom is 0.271 e. The molecule has 3 atom stereocenters. The number of ether oxygens (including phenoxy) is 1. The Labute approximate surface area is 172 Å². The number of allylic oxidation sites excluding steroid dienone is 3. The second-order valence-electron chi connectivity index (χ2n) is 9.83. The Morgan fingerprint density at radius 1 is 1.34 bits per heavy atom. The van der Waals surface area contributed by atoms with Crippen molar-refractivity contribution >= 4 is 5.91 Å². The highest BCUT2D eigenvalue weighted by molar-refractivity contribution is 5.92. The molecule has 0 unspecified atom stereocenters. The fourth-order valence-corrected chi connectivity index (χ4v) is 5.74. The molecule has 1 aromatic heterocycles. The van der Waals surface area contributed by atoms with E-state index in [1.165, 1.54) is 30.4 Å². The van der Waals surface area contributed by atoms with Crippen LogP contribution in [0.2, 0.25) is 0 Å². The molecule has 1 aliphatic heterocycles. The van der Waals surface area contributed by atoms with Crippen LogP contribution in [-0.4, -0.2) is 33.7 Å². The summed E-state index contributed by atoms with van der Waals surface area (Å²) in [7, 11) is 1.87. The number of epoxide rings is 1. The number of aryl methyl sites for hydroxylation is 1. The van der Waals surface area contributed by atoms with Gasteiger partial charge in [-0.25, -0.2) is 4.98 Å². The predicted molar refractivity (Wildman–Crippen MR) is 112 cm³/mol. The third-order valence-corrected chi connectivity index (χ3v) is 7.50. The number of imidazole rings is 1. The molecule has 1 saturated carbocycles. The van der Waals surface area contributed by atoms with Gasteiger partial charge in [0, 0.05) is 19.8 Å². The quantitative estimate of drug-likeness (QED) is 0.784. The van der Waals surface area contributed by atoms with E-state index in [0.717, 1.165) is 12.8 Å². The van der Waals surface area contributed by atoms with E-state index in [4.69, 9.17) is 4.74 Å². The summed E-state index contributed by atoms with van der Waals surface area (Å²) in [4.78, 5) is 16.5. The Morgan fingerprint density at radius 3 is 2.90 bits per heavy atom.